The Hall–Kier alpha value is -2.25. The zero-order valence-corrected chi connectivity index (χ0v) is 8.96. The highest BCUT2D eigenvalue weighted by atomic mass is 16.5. The van der Waals surface area contributed by atoms with E-state index in [0.29, 0.717) is 0 Å². The van der Waals surface area contributed by atoms with Gasteiger partial charge in [0.15, 0.2) is 11.2 Å². The second kappa shape index (κ2) is 2.87. The molecule has 0 fully saturated rings. The first-order valence-corrected chi connectivity index (χ1v) is 4.44. The van der Waals surface area contributed by atoms with Crippen molar-refractivity contribution >= 4 is 11.2 Å². The van der Waals surface area contributed by atoms with Gasteiger partial charge in [-0.05, 0) is 0 Å². The average molecular weight is 226 g/mol. The Kier molecular flexibility index (Phi) is 1.85. The molecular weight excluding hydrogens is 216 g/mol. The Balaban J connectivity index is 3.36. The maximum absolute atomic E-state index is 11.8. The fourth-order valence-electron chi connectivity index (χ4n) is 1.68. The van der Waals surface area contributed by atoms with Gasteiger partial charge in [0.05, 0.1) is 0 Å². The van der Waals surface area contributed by atoms with Crippen LogP contribution in [0.15, 0.2) is 14.4 Å². The summed E-state index contributed by atoms with van der Waals surface area (Å²) in [5.74, 6) is 0. The molecule has 2 rings (SSSR count). The standard InChI is InChI=1S/C8H10N4O4/c1-9-4-5(12(16)8(9)15)10(2)7(14)11(3)6(4)13/h16H,1-3H3. The molecule has 0 unspecified atom stereocenters. The summed E-state index contributed by atoms with van der Waals surface area (Å²) >= 11 is 0. The van der Waals surface area contributed by atoms with Crippen molar-refractivity contribution in [1.29, 1.82) is 0 Å². The highest BCUT2D eigenvalue weighted by Crippen LogP contribution is 2.01. The van der Waals surface area contributed by atoms with Crippen LogP contribution in [0, 0.1) is 0 Å². The van der Waals surface area contributed by atoms with E-state index in [1.54, 1.807) is 0 Å². The van der Waals surface area contributed by atoms with E-state index < -0.39 is 16.9 Å². The van der Waals surface area contributed by atoms with Crippen LogP contribution in [-0.2, 0) is 21.1 Å². The van der Waals surface area contributed by atoms with Crippen LogP contribution >= 0.6 is 0 Å². The number of aryl methyl sites for hydroxylation is 2. The van der Waals surface area contributed by atoms with Crippen LogP contribution in [0.2, 0.25) is 0 Å². The smallest absolute Gasteiger partial charge is 0.363 e. The molecular formula is C8H10N4O4. The lowest BCUT2D eigenvalue weighted by Crippen LogP contribution is -2.37. The SMILES string of the molecule is Cn1c(=O)c2c(n(C)c1=O)n(O)c(=O)n2C. The average Bonchev–Trinajstić information content (AvgIpc) is 2.48. The zero-order valence-electron chi connectivity index (χ0n) is 8.96. The summed E-state index contributed by atoms with van der Waals surface area (Å²) in [7, 11) is 4.03. The molecule has 86 valence electrons. The normalized spacial score (nSPS) is 11.2. The van der Waals surface area contributed by atoms with Gasteiger partial charge in [0.2, 0.25) is 0 Å². The van der Waals surface area contributed by atoms with Crippen molar-refractivity contribution in [2.75, 3.05) is 0 Å². The maximum Gasteiger partial charge on any atom is 0.363 e. The molecule has 0 bridgehead atoms. The highest BCUT2D eigenvalue weighted by molar-refractivity contribution is 5.70. The number of hydrogen-bond acceptors (Lipinski definition) is 4. The Labute approximate surface area is 88.1 Å². The molecule has 0 amide bonds. The lowest BCUT2D eigenvalue weighted by molar-refractivity contribution is 0.181. The van der Waals surface area contributed by atoms with Crippen LogP contribution in [0.1, 0.15) is 0 Å². The van der Waals surface area contributed by atoms with E-state index in [-0.39, 0.29) is 15.9 Å². The van der Waals surface area contributed by atoms with Crippen molar-refractivity contribution in [3.8, 4) is 0 Å². The van der Waals surface area contributed by atoms with E-state index in [1.165, 1.54) is 21.1 Å². The van der Waals surface area contributed by atoms with Gasteiger partial charge in [0.25, 0.3) is 5.56 Å². The second-order valence-corrected chi connectivity index (χ2v) is 3.53. The van der Waals surface area contributed by atoms with Crippen LogP contribution in [0.25, 0.3) is 11.2 Å². The van der Waals surface area contributed by atoms with Crippen molar-refractivity contribution in [2.24, 2.45) is 21.1 Å². The number of nitrogens with zero attached hydrogens (tertiary/aromatic N) is 4. The van der Waals surface area contributed by atoms with Crippen LogP contribution in [0.3, 0.4) is 0 Å². The first kappa shape index (κ1) is 10.3. The summed E-state index contributed by atoms with van der Waals surface area (Å²) in [5, 5.41) is 9.48. The fourth-order valence-corrected chi connectivity index (χ4v) is 1.68. The number of aromatic nitrogens is 4. The van der Waals surface area contributed by atoms with E-state index in [4.69, 9.17) is 0 Å². The third-order valence-electron chi connectivity index (χ3n) is 2.61. The van der Waals surface area contributed by atoms with Gasteiger partial charge >= 0.3 is 11.4 Å². The minimum atomic E-state index is -0.770. The first-order valence-electron chi connectivity index (χ1n) is 4.44. The van der Waals surface area contributed by atoms with Crippen molar-refractivity contribution in [3.63, 3.8) is 0 Å². The van der Waals surface area contributed by atoms with Crippen molar-refractivity contribution in [1.82, 2.24) is 18.4 Å². The zero-order chi connectivity index (χ0) is 12.2. The molecule has 2 heterocycles. The Morgan fingerprint density at radius 3 is 2.00 bits per heavy atom. The first-order chi connectivity index (χ1) is 7.37. The number of imidazole rings is 1. The van der Waals surface area contributed by atoms with Crippen LogP contribution in [0.4, 0.5) is 0 Å². The summed E-state index contributed by atoms with van der Waals surface area (Å²) in [4.78, 5) is 34.7. The van der Waals surface area contributed by atoms with Crippen LogP contribution in [-0.4, -0.2) is 23.6 Å². The van der Waals surface area contributed by atoms with Gasteiger partial charge in [-0.3, -0.25) is 18.5 Å². The predicted octanol–water partition coefficient (Wildman–Crippen LogP) is -2.03. The molecule has 0 radical (unpaired) electrons. The topological polar surface area (TPSA) is 91.2 Å². The van der Waals surface area contributed by atoms with Crippen LogP contribution in [0.5, 0.6) is 0 Å². The van der Waals surface area contributed by atoms with Gasteiger partial charge in [0, 0.05) is 21.1 Å². The second-order valence-electron chi connectivity index (χ2n) is 3.53. The van der Waals surface area contributed by atoms with E-state index in [1.807, 2.05) is 0 Å². The molecule has 2 aromatic rings. The summed E-state index contributed by atoms with van der Waals surface area (Å²) in [5.41, 5.74) is -2.12. The molecule has 16 heavy (non-hydrogen) atoms. The molecule has 0 saturated heterocycles. The predicted molar refractivity (Wildman–Crippen MR) is 54.8 cm³/mol. The third kappa shape index (κ3) is 0.953. The lowest BCUT2D eigenvalue weighted by Gasteiger charge is -2.03. The quantitative estimate of drug-likeness (QED) is 0.525. The minimum Gasteiger partial charge on any atom is -0.422 e. The number of fused-ring (bicyclic) bond motifs is 1. The molecule has 8 heteroatoms. The van der Waals surface area contributed by atoms with Crippen molar-refractivity contribution < 1.29 is 5.21 Å². The van der Waals surface area contributed by atoms with Gasteiger partial charge in [-0.15, -0.1) is 4.73 Å². The molecule has 0 aliphatic carbocycles. The molecule has 0 spiro atoms. The van der Waals surface area contributed by atoms with E-state index in [9.17, 15) is 19.6 Å². The Bertz CT molecular complexity index is 757. The molecule has 0 atom stereocenters. The highest BCUT2D eigenvalue weighted by Gasteiger charge is 2.18. The largest absolute Gasteiger partial charge is 0.422 e. The monoisotopic (exact) mass is 226 g/mol. The molecule has 0 aliphatic rings. The fraction of sp³-hybridized carbons (Fsp3) is 0.375. The molecule has 8 nitrogen and oxygen atoms in total. The third-order valence-corrected chi connectivity index (χ3v) is 2.61. The number of rotatable bonds is 0. The van der Waals surface area contributed by atoms with Gasteiger partial charge < -0.3 is 5.21 Å². The van der Waals surface area contributed by atoms with Gasteiger partial charge in [-0.2, -0.15) is 0 Å². The van der Waals surface area contributed by atoms with Crippen molar-refractivity contribution in [2.45, 2.75) is 0 Å². The van der Waals surface area contributed by atoms with E-state index in [2.05, 4.69) is 0 Å². The molecule has 0 aliphatic heterocycles. The van der Waals surface area contributed by atoms with Gasteiger partial charge in [-0.25, -0.2) is 9.59 Å². The summed E-state index contributed by atoms with van der Waals surface area (Å²) < 4.78 is 3.20. The number of hydrogen-bond donors (Lipinski definition) is 1. The van der Waals surface area contributed by atoms with E-state index in [0.717, 1.165) is 13.7 Å². The summed E-state index contributed by atoms with van der Waals surface area (Å²) in [6, 6.07) is 0. The van der Waals surface area contributed by atoms with Crippen LogP contribution < -0.4 is 16.9 Å². The van der Waals surface area contributed by atoms with Crippen molar-refractivity contribution in [3.05, 3.63) is 31.3 Å². The Morgan fingerprint density at radius 2 is 1.44 bits per heavy atom. The van der Waals surface area contributed by atoms with E-state index >= 15 is 0 Å². The molecule has 1 N–H and O–H groups in total. The molecule has 2 aromatic heterocycles. The molecule has 0 aromatic carbocycles. The lowest BCUT2D eigenvalue weighted by atomic mass is 10.5. The summed E-state index contributed by atoms with van der Waals surface area (Å²) in [6.07, 6.45) is 0. The Morgan fingerprint density at radius 1 is 0.875 bits per heavy atom. The van der Waals surface area contributed by atoms with Gasteiger partial charge in [-0.1, -0.05) is 0 Å². The minimum absolute atomic E-state index is 0.0166. The molecule has 0 saturated carbocycles. The maximum atomic E-state index is 11.8. The van der Waals surface area contributed by atoms with Gasteiger partial charge in [0.1, 0.15) is 0 Å². The summed E-state index contributed by atoms with van der Waals surface area (Å²) in [6.45, 7) is 0.